The number of hydrogen-bond acceptors (Lipinski definition) is 4. The van der Waals surface area contributed by atoms with E-state index < -0.39 is 0 Å². The minimum atomic E-state index is -0.212. The summed E-state index contributed by atoms with van der Waals surface area (Å²) in [7, 11) is 2.17. The van der Waals surface area contributed by atoms with Gasteiger partial charge in [0.05, 0.1) is 17.4 Å². The van der Waals surface area contributed by atoms with E-state index in [0.29, 0.717) is 17.8 Å². The van der Waals surface area contributed by atoms with Crippen LogP contribution in [0.2, 0.25) is 0 Å². The molecule has 3 aromatic carbocycles. The number of para-hydroxylation sites is 2. The number of likely N-dealkylation sites (N-methyl/N-ethyl adjacent to an activating group) is 1. The molecule has 4 aromatic rings. The summed E-state index contributed by atoms with van der Waals surface area (Å²) >= 11 is 0. The average Bonchev–Trinajstić information content (AvgIpc) is 3.45. The Balaban J connectivity index is 1.22. The van der Waals surface area contributed by atoms with Gasteiger partial charge in [-0.3, -0.25) is 4.90 Å². The van der Waals surface area contributed by atoms with Crippen molar-refractivity contribution in [2.45, 2.75) is 32.4 Å². The lowest BCUT2D eigenvalue weighted by atomic mass is 9.69. The van der Waals surface area contributed by atoms with Crippen LogP contribution in [0.1, 0.15) is 48.8 Å². The van der Waals surface area contributed by atoms with Crippen molar-refractivity contribution < 1.29 is 4.42 Å². The molecular formula is C46H39N3O. The number of fused-ring (bicyclic) bond motifs is 9. The van der Waals surface area contributed by atoms with Crippen LogP contribution in [0.3, 0.4) is 0 Å². The molecule has 2 aliphatic heterocycles. The van der Waals surface area contributed by atoms with Gasteiger partial charge in [-0.05, 0) is 70.8 Å². The van der Waals surface area contributed by atoms with E-state index in [0.717, 1.165) is 51.6 Å². The van der Waals surface area contributed by atoms with Crippen LogP contribution in [0.4, 0.5) is 5.69 Å². The lowest BCUT2D eigenvalue weighted by molar-refractivity contribution is 0.336. The Hall–Kier alpha value is -5.61. The third-order valence-corrected chi connectivity index (χ3v) is 11.5. The van der Waals surface area contributed by atoms with E-state index in [1.54, 1.807) is 0 Å². The van der Waals surface area contributed by atoms with Gasteiger partial charge in [-0.25, -0.2) is 4.99 Å². The van der Waals surface area contributed by atoms with Crippen molar-refractivity contribution in [2.24, 2.45) is 22.7 Å². The summed E-state index contributed by atoms with van der Waals surface area (Å²) in [5, 5.41) is 1.14. The van der Waals surface area contributed by atoms with Gasteiger partial charge < -0.3 is 9.32 Å². The van der Waals surface area contributed by atoms with Gasteiger partial charge in [0.2, 0.25) is 5.96 Å². The number of benzene rings is 3. The van der Waals surface area contributed by atoms with Gasteiger partial charge in [0.25, 0.3) is 0 Å². The second-order valence-corrected chi connectivity index (χ2v) is 14.5. The maximum Gasteiger partial charge on any atom is 0.207 e. The number of furan rings is 1. The molecule has 0 saturated heterocycles. The number of aliphatic imine (C=N–C) groups is 1. The van der Waals surface area contributed by atoms with E-state index in [2.05, 4.69) is 170 Å². The smallest absolute Gasteiger partial charge is 0.207 e. The maximum absolute atomic E-state index is 6.91. The molecule has 0 amide bonds. The van der Waals surface area contributed by atoms with E-state index >= 15 is 0 Å². The molecule has 4 aliphatic carbocycles. The Labute approximate surface area is 293 Å². The molecule has 0 N–H and O–H groups in total. The highest BCUT2D eigenvalue weighted by molar-refractivity contribution is 6.10. The van der Waals surface area contributed by atoms with E-state index in [4.69, 9.17) is 9.41 Å². The van der Waals surface area contributed by atoms with Crippen molar-refractivity contribution in [3.8, 4) is 0 Å². The first kappa shape index (κ1) is 29.3. The normalized spacial score (nSPS) is 26.2. The van der Waals surface area contributed by atoms with E-state index in [1.165, 1.54) is 33.4 Å². The zero-order valence-electron chi connectivity index (χ0n) is 28.6. The summed E-state index contributed by atoms with van der Waals surface area (Å²) in [5.41, 5.74) is 13.0. The number of hydrogen-bond donors (Lipinski definition) is 0. The van der Waals surface area contributed by atoms with Gasteiger partial charge in [0, 0.05) is 34.7 Å². The van der Waals surface area contributed by atoms with E-state index in [1.807, 2.05) is 0 Å². The fourth-order valence-corrected chi connectivity index (χ4v) is 9.22. The second-order valence-electron chi connectivity index (χ2n) is 14.5. The third kappa shape index (κ3) is 4.34. The molecule has 4 heteroatoms. The van der Waals surface area contributed by atoms with E-state index in [-0.39, 0.29) is 12.1 Å². The number of guanidine groups is 1. The zero-order chi connectivity index (χ0) is 33.5. The molecule has 4 nitrogen and oxygen atoms in total. The first-order valence-corrected chi connectivity index (χ1v) is 18.0. The summed E-state index contributed by atoms with van der Waals surface area (Å²) in [4.78, 5) is 10.3. The summed E-state index contributed by atoms with van der Waals surface area (Å²) in [6.45, 7) is 4.80. The fraction of sp³-hybridized carbons (Fsp3) is 0.196. The van der Waals surface area contributed by atoms with Gasteiger partial charge in [-0.1, -0.05) is 129 Å². The van der Waals surface area contributed by atoms with Gasteiger partial charge in [0.1, 0.15) is 17.4 Å². The van der Waals surface area contributed by atoms with Crippen molar-refractivity contribution in [1.29, 1.82) is 0 Å². The lowest BCUT2D eigenvalue weighted by Gasteiger charge is -2.44. The molecule has 50 heavy (non-hydrogen) atoms. The first-order valence-electron chi connectivity index (χ1n) is 18.0. The standard InChI is InChI=1S/C46H39N3O/c1-28-14-13-17-31-25-32(24-29(2)43(28)31)36-26-38-34-19-9-12-23-42(34)50-45(38)41-27-37(36)33-18-7-11-22-40(33)49(41)46-47-44(30-15-5-4-6-16-30)35-20-8-10-21-39(35)48(46)3/h4-13,15-29,39,41,43H,14H2,1-3H3. The summed E-state index contributed by atoms with van der Waals surface area (Å²) < 4.78 is 6.91. The summed E-state index contributed by atoms with van der Waals surface area (Å²) in [6.07, 6.45) is 24.5. The lowest BCUT2D eigenvalue weighted by Crippen LogP contribution is -2.51. The quantitative estimate of drug-likeness (QED) is 0.217. The van der Waals surface area contributed by atoms with Gasteiger partial charge in [-0.2, -0.15) is 0 Å². The van der Waals surface area contributed by atoms with Crippen molar-refractivity contribution in [2.75, 3.05) is 11.9 Å². The molecule has 0 radical (unpaired) electrons. The van der Waals surface area contributed by atoms with Crippen LogP contribution in [0.15, 0.2) is 165 Å². The number of allylic oxidation sites excluding steroid dienone is 10. The SMILES string of the molecule is CC1C=C(C2=Cc3c(oc4ccccc34)C3C=C2c2ccccc2N3C2=NC(c3ccccc3)=C3C=CC=CC3N2C)C=C2C=CCC(C)C21. The van der Waals surface area contributed by atoms with Crippen molar-refractivity contribution in [1.82, 2.24) is 4.90 Å². The van der Waals surface area contributed by atoms with Gasteiger partial charge in [0.15, 0.2) is 0 Å². The Morgan fingerprint density at radius 3 is 2.52 bits per heavy atom. The number of rotatable bonds is 2. The number of nitrogens with zero attached hydrogens (tertiary/aromatic N) is 3. The largest absolute Gasteiger partial charge is 0.458 e. The van der Waals surface area contributed by atoms with Crippen molar-refractivity contribution >= 4 is 40.0 Å². The Morgan fingerprint density at radius 2 is 1.62 bits per heavy atom. The van der Waals surface area contributed by atoms with Crippen LogP contribution in [-0.4, -0.2) is 23.9 Å². The van der Waals surface area contributed by atoms with Crippen LogP contribution in [0, 0.1) is 17.8 Å². The van der Waals surface area contributed by atoms with Crippen molar-refractivity contribution in [3.05, 3.63) is 178 Å². The molecule has 3 heterocycles. The molecule has 1 aromatic heterocycles. The van der Waals surface area contributed by atoms with Crippen LogP contribution >= 0.6 is 0 Å². The third-order valence-electron chi connectivity index (χ3n) is 11.5. The van der Waals surface area contributed by atoms with Crippen molar-refractivity contribution in [3.63, 3.8) is 0 Å². The highest BCUT2D eigenvalue weighted by Gasteiger charge is 2.42. The number of anilines is 1. The molecule has 5 unspecified atom stereocenters. The second kappa shape index (κ2) is 11.2. The predicted molar refractivity (Wildman–Crippen MR) is 206 cm³/mol. The minimum Gasteiger partial charge on any atom is -0.458 e. The monoisotopic (exact) mass is 649 g/mol. The highest BCUT2D eigenvalue weighted by Crippen LogP contribution is 2.52. The summed E-state index contributed by atoms with van der Waals surface area (Å²) in [6, 6.07) is 27.8. The van der Waals surface area contributed by atoms with Crippen LogP contribution in [0.5, 0.6) is 0 Å². The van der Waals surface area contributed by atoms with Crippen LogP contribution in [-0.2, 0) is 0 Å². The van der Waals surface area contributed by atoms with Gasteiger partial charge in [-0.15, -0.1) is 0 Å². The molecule has 2 bridgehead atoms. The Morgan fingerprint density at radius 1 is 0.800 bits per heavy atom. The maximum atomic E-state index is 6.91. The Bertz CT molecular complexity index is 2370. The highest BCUT2D eigenvalue weighted by atomic mass is 16.3. The molecular weight excluding hydrogens is 611 g/mol. The molecule has 10 rings (SSSR count). The fourth-order valence-electron chi connectivity index (χ4n) is 9.22. The zero-order valence-corrected chi connectivity index (χ0v) is 28.6. The molecule has 244 valence electrons. The molecule has 0 spiro atoms. The molecule has 0 saturated carbocycles. The van der Waals surface area contributed by atoms with Gasteiger partial charge >= 0.3 is 0 Å². The minimum absolute atomic E-state index is 0.0502. The molecule has 5 atom stereocenters. The topological polar surface area (TPSA) is 32.0 Å². The summed E-state index contributed by atoms with van der Waals surface area (Å²) in [5.74, 6) is 3.48. The average molecular weight is 650 g/mol. The van der Waals surface area contributed by atoms with Crippen LogP contribution < -0.4 is 4.90 Å². The van der Waals surface area contributed by atoms with E-state index in [9.17, 15) is 0 Å². The predicted octanol–water partition coefficient (Wildman–Crippen LogP) is 10.7. The molecule has 6 aliphatic rings. The molecule has 0 fully saturated rings. The first-order chi connectivity index (χ1) is 24.5. The Kier molecular flexibility index (Phi) is 6.57. The van der Waals surface area contributed by atoms with Crippen LogP contribution in [0.25, 0.3) is 28.3 Å².